The second-order valence-corrected chi connectivity index (χ2v) is 6.78. The van der Waals surface area contributed by atoms with Gasteiger partial charge in [-0.05, 0) is 60.1 Å². The molecule has 1 atom stereocenters. The highest BCUT2D eigenvalue weighted by Crippen LogP contribution is 2.26. The van der Waals surface area contributed by atoms with Crippen LogP contribution in [0.25, 0.3) is 0 Å². The Morgan fingerprint density at radius 1 is 1.25 bits per heavy atom. The van der Waals surface area contributed by atoms with Crippen LogP contribution < -0.4 is 5.32 Å². The third-order valence-electron chi connectivity index (χ3n) is 3.25. The van der Waals surface area contributed by atoms with Gasteiger partial charge < -0.3 is 5.32 Å². The fourth-order valence-corrected chi connectivity index (χ4v) is 3.37. The van der Waals surface area contributed by atoms with E-state index in [-0.39, 0.29) is 0 Å². The maximum absolute atomic E-state index is 4.40. The Labute approximate surface area is 133 Å². The predicted molar refractivity (Wildman–Crippen MR) is 90.4 cm³/mol. The fourth-order valence-electron chi connectivity index (χ4n) is 2.16. The van der Waals surface area contributed by atoms with E-state index in [9.17, 15) is 0 Å². The van der Waals surface area contributed by atoms with Crippen molar-refractivity contribution in [1.82, 2.24) is 10.3 Å². The van der Waals surface area contributed by atoms with Gasteiger partial charge in [-0.25, -0.2) is 4.98 Å². The van der Waals surface area contributed by atoms with Gasteiger partial charge in [0.25, 0.3) is 0 Å². The van der Waals surface area contributed by atoms with Gasteiger partial charge in [-0.15, -0.1) is 11.8 Å². The molecular formula is C16H19BrN2S. The molecule has 0 aliphatic heterocycles. The summed E-state index contributed by atoms with van der Waals surface area (Å²) in [7, 11) is 2.01. The minimum absolute atomic E-state index is 0.339. The molecule has 20 heavy (non-hydrogen) atoms. The maximum atomic E-state index is 4.40. The number of thioether (sulfide) groups is 1. The van der Waals surface area contributed by atoms with Gasteiger partial charge in [0.1, 0.15) is 0 Å². The van der Waals surface area contributed by atoms with Crippen molar-refractivity contribution < 1.29 is 0 Å². The summed E-state index contributed by atoms with van der Waals surface area (Å²) in [6.45, 7) is 4.31. The minimum atomic E-state index is 0.339. The summed E-state index contributed by atoms with van der Waals surface area (Å²) in [5.41, 5.74) is 4.01. The van der Waals surface area contributed by atoms with E-state index in [2.05, 4.69) is 58.3 Å². The highest BCUT2D eigenvalue weighted by atomic mass is 79.9. The van der Waals surface area contributed by atoms with Crippen molar-refractivity contribution in [2.24, 2.45) is 0 Å². The third-order valence-corrected chi connectivity index (χ3v) is 4.75. The molecule has 0 aliphatic rings. The lowest BCUT2D eigenvalue weighted by Crippen LogP contribution is -2.19. The lowest BCUT2D eigenvalue weighted by molar-refractivity contribution is 0.657. The van der Waals surface area contributed by atoms with E-state index in [1.807, 2.05) is 25.4 Å². The largest absolute Gasteiger partial charge is 0.312 e. The fraction of sp³-hybridized carbons (Fsp3) is 0.312. The molecule has 2 nitrogen and oxygen atoms in total. The highest BCUT2D eigenvalue weighted by molar-refractivity contribution is 9.10. The third kappa shape index (κ3) is 4.08. The van der Waals surface area contributed by atoms with Gasteiger partial charge in [-0.2, -0.15) is 0 Å². The summed E-state index contributed by atoms with van der Waals surface area (Å²) < 4.78 is 1.02. The van der Waals surface area contributed by atoms with Crippen LogP contribution in [0.4, 0.5) is 0 Å². The monoisotopic (exact) mass is 350 g/mol. The van der Waals surface area contributed by atoms with Crippen molar-refractivity contribution in [1.29, 1.82) is 0 Å². The van der Waals surface area contributed by atoms with E-state index < -0.39 is 0 Å². The molecular weight excluding hydrogens is 332 g/mol. The number of aromatic nitrogens is 1. The lowest BCUT2D eigenvalue weighted by atomic mass is 10.0. The topological polar surface area (TPSA) is 24.9 Å². The Kier molecular flexibility index (Phi) is 5.64. The molecule has 0 saturated heterocycles. The zero-order valence-corrected chi connectivity index (χ0v) is 14.4. The van der Waals surface area contributed by atoms with Gasteiger partial charge in [-0.3, -0.25) is 0 Å². The highest BCUT2D eigenvalue weighted by Gasteiger charge is 2.12. The van der Waals surface area contributed by atoms with Crippen molar-refractivity contribution in [2.45, 2.75) is 24.9 Å². The predicted octanol–water partition coefficient (Wildman–Crippen LogP) is 4.51. The van der Waals surface area contributed by atoms with Crippen LogP contribution in [-0.4, -0.2) is 17.8 Å². The van der Waals surface area contributed by atoms with E-state index in [0.29, 0.717) is 6.04 Å². The molecule has 2 rings (SSSR count). The molecule has 1 aromatic heterocycles. The quantitative estimate of drug-likeness (QED) is 0.802. The molecule has 106 valence electrons. The number of hydrogen-bond acceptors (Lipinski definition) is 3. The van der Waals surface area contributed by atoms with Gasteiger partial charge in [0.2, 0.25) is 0 Å². The standard InChI is InChI=1S/C16H19BrN2S/c1-11-4-6-14(12(2)8-11)15(18-3)10-20-16-7-5-13(17)9-19-16/h4-9,15,18H,10H2,1-3H3. The summed E-state index contributed by atoms with van der Waals surface area (Å²) in [4.78, 5) is 4.40. The van der Waals surface area contributed by atoms with Crippen molar-refractivity contribution in [3.8, 4) is 0 Å². The molecule has 4 heteroatoms. The van der Waals surface area contributed by atoms with Crippen molar-refractivity contribution in [2.75, 3.05) is 12.8 Å². The van der Waals surface area contributed by atoms with Gasteiger partial charge in [0.05, 0.1) is 5.03 Å². The number of halogens is 1. The normalized spacial score (nSPS) is 12.4. The summed E-state index contributed by atoms with van der Waals surface area (Å²) in [5.74, 6) is 0.967. The molecule has 1 aromatic carbocycles. The van der Waals surface area contributed by atoms with E-state index in [4.69, 9.17) is 0 Å². The smallest absolute Gasteiger partial charge is 0.0961 e. The molecule has 0 fully saturated rings. The van der Waals surface area contributed by atoms with Crippen molar-refractivity contribution >= 4 is 27.7 Å². The van der Waals surface area contributed by atoms with Crippen LogP contribution in [0.5, 0.6) is 0 Å². The Bertz CT molecular complexity index is 569. The van der Waals surface area contributed by atoms with E-state index in [1.165, 1.54) is 16.7 Å². The average molecular weight is 351 g/mol. The molecule has 2 aromatic rings. The van der Waals surface area contributed by atoms with E-state index >= 15 is 0 Å². The zero-order chi connectivity index (χ0) is 14.5. The van der Waals surface area contributed by atoms with Gasteiger partial charge in [-0.1, -0.05) is 23.8 Å². The van der Waals surface area contributed by atoms with Crippen LogP contribution in [0.3, 0.4) is 0 Å². The van der Waals surface area contributed by atoms with Crippen LogP contribution in [0.1, 0.15) is 22.7 Å². The van der Waals surface area contributed by atoms with Crippen LogP contribution in [-0.2, 0) is 0 Å². The molecule has 1 unspecified atom stereocenters. The Morgan fingerprint density at radius 3 is 2.65 bits per heavy atom. The summed E-state index contributed by atoms with van der Waals surface area (Å²) in [5, 5.41) is 4.46. The molecule has 1 N–H and O–H groups in total. The number of pyridine rings is 1. The number of rotatable bonds is 5. The number of nitrogens with zero attached hydrogens (tertiary/aromatic N) is 1. The lowest BCUT2D eigenvalue weighted by Gasteiger charge is -2.18. The molecule has 0 bridgehead atoms. The minimum Gasteiger partial charge on any atom is -0.312 e. The average Bonchev–Trinajstić information content (AvgIpc) is 2.43. The number of hydrogen-bond donors (Lipinski definition) is 1. The van der Waals surface area contributed by atoms with Crippen LogP contribution in [0, 0.1) is 13.8 Å². The molecule has 0 amide bonds. The van der Waals surface area contributed by atoms with E-state index in [1.54, 1.807) is 11.8 Å². The molecule has 0 saturated carbocycles. The first-order valence-electron chi connectivity index (χ1n) is 6.59. The molecule has 1 heterocycles. The Balaban J connectivity index is 2.07. The maximum Gasteiger partial charge on any atom is 0.0961 e. The van der Waals surface area contributed by atoms with Crippen molar-refractivity contribution in [3.05, 3.63) is 57.7 Å². The SMILES string of the molecule is CNC(CSc1ccc(Br)cn1)c1ccc(C)cc1C. The Hall–Kier alpha value is -0.840. The van der Waals surface area contributed by atoms with Gasteiger partial charge in [0, 0.05) is 22.5 Å². The first-order chi connectivity index (χ1) is 9.60. The van der Waals surface area contributed by atoms with Crippen LogP contribution in [0.2, 0.25) is 0 Å². The van der Waals surface area contributed by atoms with Crippen LogP contribution in [0.15, 0.2) is 46.0 Å². The Morgan fingerprint density at radius 2 is 2.05 bits per heavy atom. The molecule has 0 radical (unpaired) electrons. The summed E-state index contributed by atoms with van der Waals surface area (Å²) in [6.07, 6.45) is 1.84. The summed E-state index contributed by atoms with van der Waals surface area (Å²) >= 11 is 5.18. The van der Waals surface area contributed by atoms with Gasteiger partial charge in [0.15, 0.2) is 0 Å². The summed E-state index contributed by atoms with van der Waals surface area (Å²) in [6, 6.07) is 11.1. The number of nitrogens with one attached hydrogen (secondary N) is 1. The number of aryl methyl sites for hydroxylation is 2. The first-order valence-corrected chi connectivity index (χ1v) is 8.37. The second kappa shape index (κ2) is 7.25. The van der Waals surface area contributed by atoms with Gasteiger partial charge >= 0.3 is 0 Å². The molecule has 0 spiro atoms. The first kappa shape index (κ1) is 15.5. The van der Waals surface area contributed by atoms with Crippen LogP contribution >= 0.6 is 27.7 Å². The number of benzene rings is 1. The van der Waals surface area contributed by atoms with Crippen molar-refractivity contribution in [3.63, 3.8) is 0 Å². The second-order valence-electron chi connectivity index (χ2n) is 4.83. The van der Waals surface area contributed by atoms with E-state index in [0.717, 1.165) is 15.3 Å². The molecule has 0 aliphatic carbocycles. The zero-order valence-electron chi connectivity index (χ0n) is 12.0.